The fourth-order valence-corrected chi connectivity index (χ4v) is 3.67. The molecule has 0 radical (unpaired) electrons. The number of hydrogen-bond acceptors (Lipinski definition) is 7. The third kappa shape index (κ3) is 7.07. The van der Waals surface area contributed by atoms with Gasteiger partial charge in [0.05, 0.1) is 48.6 Å². The summed E-state index contributed by atoms with van der Waals surface area (Å²) in [6.07, 6.45) is 1.44. The van der Waals surface area contributed by atoms with Gasteiger partial charge in [0.2, 0.25) is 0 Å². The highest BCUT2D eigenvalue weighted by atomic mass is 79.9. The lowest BCUT2D eigenvalue weighted by molar-refractivity contribution is -0.120. The number of nitrogens with one attached hydrogen (secondary N) is 2. The van der Waals surface area contributed by atoms with E-state index in [1.54, 1.807) is 48.5 Å². The van der Waals surface area contributed by atoms with Crippen LogP contribution in [0.3, 0.4) is 0 Å². The van der Waals surface area contributed by atoms with Crippen molar-refractivity contribution in [3.63, 3.8) is 0 Å². The molecule has 10 heteroatoms. The van der Waals surface area contributed by atoms with Gasteiger partial charge in [-0.3, -0.25) is 9.59 Å². The third-order valence-corrected chi connectivity index (χ3v) is 5.47. The van der Waals surface area contributed by atoms with Crippen LogP contribution in [0.1, 0.15) is 27.0 Å². The SMILES string of the molecule is COc1ccccc1C(=O)NCC(=O)NN=Cc1cc(Br)c(OCc2ccc(C#N)cc2)c(OC)c1. The van der Waals surface area contributed by atoms with Gasteiger partial charge >= 0.3 is 0 Å². The summed E-state index contributed by atoms with van der Waals surface area (Å²) in [7, 11) is 2.98. The highest BCUT2D eigenvalue weighted by Crippen LogP contribution is 2.36. The Balaban J connectivity index is 1.56. The average molecular weight is 551 g/mol. The predicted octanol–water partition coefficient (Wildman–Crippen LogP) is 3.80. The second-order valence-electron chi connectivity index (χ2n) is 7.31. The molecule has 0 saturated heterocycles. The van der Waals surface area contributed by atoms with Gasteiger partial charge in [0.15, 0.2) is 11.5 Å². The maximum Gasteiger partial charge on any atom is 0.259 e. The number of amides is 2. The van der Waals surface area contributed by atoms with E-state index < -0.39 is 11.8 Å². The van der Waals surface area contributed by atoms with E-state index in [4.69, 9.17) is 19.5 Å². The van der Waals surface area contributed by atoms with Gasteiger partial charge in [-0.25, -0.2) is 5.43 Å². The molecule has 0 atom stereocenters. The van der Waals surface area contributed by atoms with Crippen molar-refractivity contribution < 1.29 is 23.8 Å². The molecule has 0 aliphatic rings. The lowest BCUT2D eigenvalue weighted by Gasteiger charge is -2.13. The predicted molar refractivity (Wildman–Crippen MR) is 137 cm³/mol. The van der Waals surface area contributed by atoms with Crippen LogP contribution >= 0.6 is 15.9 Å². The molecule has 0 aliphatic carbocycles. The Bertz CT molecular complexity index is 1300. The summed E-state index contributed by atoms with van der Waals surface area (Å²) in [6, 6.07) is 19.4. The Morgan fingerprint density at radius 1 is 1.06 bits per heavy atom. The van der Waals surface area contributed by atoms with Crippen LogP contribution in [0.2, 0.25) is 0 Å². The standard InChI is InChI=1S/C26H23BrN4O5/c1-34-22-6-4-3-5-20(22)26(33)29-15-24(32)31-30-14-19-11-21(27)25(23(12-19)35-2)36-16-18-9-7-17(13-28)8-10-18/h3-12,14H,15-16H2,1-2H3,(H,29,33)(H,31,32). The van der Waals surface area contributed by atoms with Crippen molar-refractivity contribution in [2.75, 3.05) is 20.8 Å². The molecule has 0 fully saturated rings. The largest absolute Gasteiger partial charge is 0.496 e. The van der Waals surface area contributed by atoms with Crippen molar-refractivity contribution in [1.29, 1.82) is 5.26 Å². The van der Waals surface area contributed by atoms with Crippen LogP contribution in [-0.2, 0) is 11.4 Å². The van der Waals surface area contributed by atoms with Crippen molar-refractivity contribution in [2.45, 2.75) is 6.61 Å². The van der Waals surface area contributed by atoms with Crippen LogP contribution in [-0.4, -0.2) is 38.8 Å². The summed E-state index contributed by atoms with van der Waals surface area (Å²) in [4.78, 5) is 24.4. The number of benzene rings is 3. The number of rotatable bonds is 10. The van der Waals surface area contributed by atoms with E-state index in [1.165, 1.54) is 20.4 Å². The van der Waals surface area contributed by atoms with Crippen LogP contribution in [0, 0.1) is 11.3 Å². The number of carbonyl (C=O) groups excluding carboxylic acids is 2. The van der Waals surface area contributed by atoms with Crippen LogP contribution < -0.4 is 25.0 Å². The second kappa shape index (κ2) is 12.9. The number of hydrazone groups is 1. The van der Waals surface area contributed by atoms with E-state index >= 15 is 0 Å². The van der Waals surface area contributed by atoms with E-state index in [-0.39, 0.29) is 13.2 Å². The first kappa shape index (κ1) is 26.2. The lowest BCUT2D eigenvalue weighted by atomic mass is 10.1. The first-order valence-electron chi connectivity index (χ1n) is 10.7. The quantitative estimate of drug-likeness (QED) is 0.292. The fraction of sp³-hybridized carbons (Fsp3) is 0.154. The summed E-state index contributed by atoms with van der Waals surface area (Å²) in [5.74, 6) is 0.453. The van der Waals surface area contributed by atoms with Gasteiger partial charge in [0.25, 0.3) is 11.8 Å². The molecule has 0 bridgehead atoms. The van der Waals surface area contributed by atoms with Crippen LogP contribution in [0.25, 0.3) is 0 Å². The minimum absolute atomic E-state index is 0.261. The summed E-state index contributed by atoms with van der Waals surface area (Å²) in [6.45, 7) is 0.0219. The topological polar surface area (TPSA) is 122 Å². The molecule has 0 saturated carbocycles. The molecule has 36 heavy (non-hydrogen) atoms. The van der Waals surface area contributed by atoms with Crippen molar-refractivity contribution in [3.05, 3.63) is 87.4 Å². The van der Waals surface area contributed by atoms with Gasteiger partial charge in [0.1, 0.15) is 12.4 Å². The summed E-state index contributed by atoms with van der Waals surface area (Å²) in [5.41, 5.74) is 4.81. The summed E-state index contributed by atoms with van der Waals surface area (Å²) < 4.78 is 17.1. The highest BCUT2D eigenvalue weighted by Gasteiger charge is 2.13. The number of ether oxygens (including phenoxy) is 3. The average Bonchev–Trinajstić information content (AvgIpc) is 2.91. The van der Waals surface area contributed by atoms with Gasteiger partial charge < -0.3 is 19.5 Å². The number of halogens is 1. The Morgan fingerprint density at radius 3 is 2.47 bits per heavy atom. The molecule has 0 aliphatic heterocycles. The molecule has 0 spiro atoms. The first-order chi connectivity index (χ1) is 17.4. The third-order valence-electron chi connectivity index (χ3n) is 4.88. The fourth-order valence-electron chi connectivity index (χ4n) is 3.09. The molecule has 3 rings (SSSR count). The number of hydrogen-bond donors (Lipinski definition) is 2. The van der Waals surface area contributed by atoms with Crippen LogP contribution in [0.4, 0.5) is 0 Å². The monoisotopic (exact) mass is 550 g/mol. The Hall–Kier alpha value is -4.36. The zero-order valence-electron chi connectivity index (χ0n) is 19.6. The molecule has 0 unspecified atom stereocenters. The lowest BCUT2D eigenvalue weighted by Crippen LogP contribution is -2.35. The Labute approximate surface area is 216 Å². The zero-order valence-corrected chi connectivity index (χ0v) is 21.2. The Kier molecular flexibility index (Phi) is 9.42. The molecule has 3 aromatic rings. The number of para-hydroxylation sites is 1. The van der Waals surface area contributed by atoms with E-state index in [2.05, 4.69) is 37.8 Å². The van der Waals surface area contributed by atoms with Crippen LogP contribution in [0.5, 0.6) is 17.2 Å². The Morgan fingerprint density at radius 2 is 1.78 bits per heavy atom. The van der Waals surface area contributed by atoms with Gasteiger partial charge in [-0.15, -0.1) is 0 Å². The minimum atomic E-state index is -0.497. The molecule has 9 nitrogen and oxygen atoms in total. The molecular weight excluding hydrogens is 528 g/mol. The molecule has 3 aromatic carbocycles. The van der Waals surface area contributed by atoms with Gasteiger partial charge in [0, 0.05) is 0 Å². The molecule has 2 N–H and O–H groups in total. The van der Waals surface area contributed by atoms with Gasteiger partial charge in [-0.05, 0) is 63.5 Å². The van der Waals surface area contributed by atoms with Crippen LogP contribution in [0.15, 0.2) is 70.2 Å². The van der Waals surface area contributed by atoms with Gasteiger partial charge in [-0.1, -0.05) is 24.3 Å². The smallest absolute Gasteiger partial charge is 0.259 e. The van der Waals surface area contributed by atoms with E-state index in [0.717, 1.165) is 5.56 Å². The van der Waals surface area contributed by atoms with Crippen molar-refractivity contribution in [3.8, 4) is 23.3 Å². The maximum absolute atomic E-state index is 12.3. The number of nitrogens with zero attached hydrogens (tertiary/aromatic N) is 2. The van der Waals surface area contributed by atoms with Crippen molar-refractivity contribution >= 4 is 34.0 Å². The van der Waals surface area contributed by atoms with E-state index in [9.17, 15) is 9.59 Å². The van der Waals surface area contributed by atoms with E-state index in [0.29, 0.717) is 38.4 Å². The molecule has 184 valence electrons. The maximum atomic E-state index is 12.3. The van der Waals surface area contributed by atoms with E-state index in [1.807, 2.05) is 12.1 Å². The molecule has 0 aromatic heterocycles. The molecule has 0 heterocycles. The highest BCUT2D eigenvalue weighted by molar-refractivity contribution is 9.10. The van der Waals surface area contributed by atoms with Gasteiger partial charge in [-0.2, -0.15) is 10.4 Å². The number of nitriles is 1. The second-order valence-corrected chi connectivity index (χ2v) is 8.16. The molecular formula is C26H23BrN4O5. The normalized spacial score (nSPS) is 10.4. The molecule has 2 amide bonds. The zero-order chi connectivity index (χ0) is 25.9. The summed E-state index contributed by atoms with van der Waals surface area (Å²) in [5, 5.41) is 15.4. The van der Waals surface area contributed by atoms with Crippen molar-refractivity contribution in [1.82, 2.24) is 10.7 Å². The number of carbonyl (C=O) groups is 2. The van der Waals surface area contributed by atoms with Crippen molar-refractivity contribution in [2.24, 2.45) is 5.10 Å². The first-order valence-corrected chi connectivity index (χ1v) is 11.5. The number of methoxy groups -OCH3 is 2. The minimum Gasteiger partial charge on any atom is -0.496 e. The summed E-state index contributed by atoms with van der Waals surface area (Å²) >= 11 is 3.48.